The molecule has 8 aromatic rings. The summed E-state index contributed by atoms with van der Waals surface area (Å²) in [6, 6.07) is 11.0. The van der Waals surface area contributed by atoms with Crippen LogP contribution >= 0.6 is 34.8 Å². The van der Waals surface area contributed by atoms with Crippen molar-refractivity contribution in [1.82, 2.24) is 65.3 Å². The van der Waals surface area contributed by atoms with Crippen LogP contribution in [0.25, 0.3) is 0 Å². The average molecular weight is 1240 g/mol. The predicted octanol–water partition coefficient (Wildman–Crippen LogP) is 7.97. The smallest absolute Gasteiger partial charge is 0.251 e. The standard InChI is InChI=1S/C23H25ClN6O2.C19H22ClN7O.C18H23ClN6O2/c1-13-9-26-17(14(2)19(13)32-3)12-30-11-16(18-20(24)28-23(25)29-21(18)30)10-27-22(31)15-7-5-4-6-8-15;1-11-7-22-14(12(2)16(11)28-3)10-26-8-13(9-27-6-4-5-23-27)15-17(20)24-19(21)25-18(15)26;1-9-5-22-13(10(2)15(9)27-4)8-25-7-12(6-21-11(3)26)14-16(19)23-18(20)24-17(14)25/h4-9,16H,10-12H2,1-3H3,(H,27,31)(H2,25,28,29);4-7,13H,8-10H2,1-3H3,(H2,21,24,25);5,12H,6-8H2,1-4H3,(H,21,26)(H2,20,23,24). The molecule has 27 heteroatoms. The molecule has 0 fully saturated rings. The Kier molecular flexibility index (Phi) is 19.6. The highest BCUT2D eigenvalue weighted by Crippen LogP contribution is 2.44. The lowest BCUT2D eigenvalue weighted by Crippen LogP contribution is -2.31. The van der Waals surface area contributed by atoms with Crippen LogP contribution in [0.4, 0.5) is 35.3 Å². The van der Waals surface area contributed by atoms with Gasteiger partial charge in [-0.2, -0.15) is 20.1 Å². The second-order valence-electron chi connectivity index (χ2n) is 21.4. The third-order valence-corrected chi connectivity index (χ3v) is 16.4. The van der Waals surface area contributed by atoms with Crippen molar-refractivity contribution >= 4 is 81.9 Å². The van der Waals surface area contributed by atoms with Gasteiger partial charge in [0.25, 0.3) is 5.91 Å². The molecule has 3 unspecified atom stereocenters. The van der Waals surface area contributed by atoms with E-state index in [1.54, 1.807) is 52.1 Å². The molecular weight excluding hydrogens is 1170 g/mol. The molecule has 0 radical (unpaired) electrons. The lowest BCUT2D eigenvalue weighted by atomic mass is 10.0. The predicted molar refractivity (Wildman–Crippen MR) is 336 cm³/mol. The molecule has 0 saturated carbocycles. The molecule has 1 aromatic carbocycles. The second kappa shape index (κ2) is 27.2. The van der Waals surface area contributed by atoms with E-state index in [1.807, 2.05) is 82.9 Å². The lowest BCUT2D eigenvalue weighted by molar-refractivity contribution is -0.119. The summed E-state index contributed by atoms with van der Waals surface area (Å²) in [6.07, 6.45) is 9.14. The molecular formula is C60H70Cl3N19O5. The number of rotatable bonds is 16. The number of pyridine rings is 3. The summed E-state index contributed by atoms with van der Waals surface area (Å²) in [7, 11) is 4.99. The van der Waals surface area contributed by atoms with Gasteiger partial charge in [0.1, 0.15) is 50.2 Å². The zero-order valence-corrected chi connectivity index (χ0v) is 52.4. The number of anilines is 6. The van der Waals surface area contributed by atoms with Crippen LogP contribution in [0.15, 0.2) is 67.4 Å². The summed E-state index contributed by atoms with van der Waals surface area (Å²) in [4.78, 5) is 69.7. The van der Waals surface area contributed by atoms with E-state index >= 15 is 0 Å². The monoisotopic (exact) mass is 1240 g/mol. The fraction of sp³-hybridized carbons (Fsp3) is 0.367. The van der Waals surface area contributed by atoms with Crippen molar-refractivity contribution in [2.75, 3.05) is 86.0 Å². The van der Waals surface area contributed by atoms with Crippen molar-refractivity contribution in [3.63, 3.8) is 0 Å². The number of carbonyl (C=O) groups excluding carboxylic acids is 2. The molecule has 87 heavy (non-hydrogen) atoms. The van der Waals surface area contributed by atoms with Gasteiger partial charge in [-0.05, 0) is 59.7 Å². The fourth-order valence-electron chi connectivity index (χ4n) is 11.4. The molecule has 0 spiro atoms. The largest absolute Gasteiger partial charge is 0.496 e. The molecule has 456 valence electrons. The summed E-state index contributed by atoms with van der Waals surface area (Å²) in [5, 5.41) is 11.2. The Morgan fingerprint density at radius 1 is 0.552 bits per heavy atom. The Bertz CT molecular complexity index is 3820. The molecule has 3 aliphatic heterocycles. The number of aryl methyl sites for hydroxylation is 3. The highest BCUT2D eigenvalue weighted by molar-refractivity contribution is 6.31. The average Bonchev–Trinajstić information content (AvgIpc) is 1.89. The topological polar surface area (TPSA) is 308 Å². The first-order valence-corrected chi connectivity index (χ1v) is 29.1. The van der Waals surface area contributed by atoms with Crippen LogP contribution in [0, 0.1) is 41.5 Å². The van der Waals surface area contributed by atoms with Crippen molar-refractivity contribution in [3.8, 4) is 17.2 Å². The van der Waals surface area contributed by atoms with E-state index in [4.69, 9.17) is 66.2 Å². The van der Waals surface area contributed by atoms with Crippen molar-refractivity contribution in [1.29, 1.82) is 0 Å². The molecule has 10 heterocycles. The van der Waals surface area contributed by atoms with Gasteiger partial charge in [0, 0.05) is 151 Å². The number of halogens is 3. The number of aromatic nitrogens is 11. The Morgan fingerprint density at radius 3 is 1.30 bits per heavy atom. The number of fused-ring (bicyclic) bond motifs is 3. The molecule has 7 aromatic heterocycles. The number of carbonyl (C=O) groups is 2. The van der Waals surface area contributed by atoms with E-state index in [1.165, 1.54) is 6.92 Å². The van der Waals surface area contributed by atoms with Crippen LogP contribution in [0.2, 0.25) is 15.5 Å². The third-order valence-electron chi connectivity index (χ3n) is 15.5. The Morgan fingerprint density at radius 2 is 0.931 bits per heavy atom. The van der Waals surface area contributed by atoms with Crippen LogP contribution < -0.4 is 56.7 Å². The second-order valence-corrected chi connectivity index (χ2v) is 22.5. The zero-order chi connectivity index (χ0) is 62.4. The Balaban J connectivity index is 0.000000156. The van der Waals surface area contributed by atoms with E-state index in [0.29, 0.717) is 85.0 Å². The number of benzene rings is 1. The number of nitrogens with zero attached hydrogens (tertiary/aromatic N) is 14. The summed E-state index contributed by atoms with van der Waals surface area (Å²) >= 11 is 19.3. The van der Waals surface area contributed by atoms with Crippen LogP contribution in [-0.4, -0.2) is 121 Å². The minimum atomic E-state index is -0.140. The first kappa shape index (κ1) is 62.7. The lowest BCUT2D eigenvalue weighted by Gasteiger charge is -2.21. The van der Waals surface area contributed by atoms with Crippen LogP contribution in [0.1, 0.15) is 102 Å². The quantitative estimate of drug-likeness (QED) is 0.0573. The van der Waals surface area contributed by atoms with Gasteiger partial charge in [-0.1, -0.05) is 53.0 Å². The van der Waals surface area contributed by atoms with Crippen molar-refractivity contribution < 1.29 is 23.8 Å². The molecule has 11 rings (SSSR count). The van der Waals surface area contributed by atoms with Gasteiger partial charge in [-0.15, -0.1) is 0 Å². The molecule has 0 saturated heterocycles. The number of nitrogens with two attached hydrogens (primary N) is 3. The van der Waals surface area contributed by atoms with Crippen molar-refractivity contribution in [3.05, 3.63) is 156 Å². The van der Waals surface area contributed by atoms with Gasteiger partial charge in [-0.25, -0.2) is 15.0 Å². The van der Waals surface area contributed by atoms with Gasteiger partial charge in [0.2, 0.25) is 23.8 Å². The number of ether oxygens (including phenoxy) is 3. The number of nitrogens with one attached hydrogen (secondary N) is 2. The van der Waals surface area contributed by atoms with E-state index in [2.05, 4.69) is 75.3 Å². The number of hydrogen-bond donors (Lipinski definition) is 5. The molecule has 8 N–H and O–H groups in total. The SMILES string of the molecule is COc1c(C)cnc(CN2CC(CNC(=O)c3ccccc3)c3c(Cl)nc(N)nc32)c1C.COc1c(C)cnc(CN2CC(CNC(C)=O)c3c(Cl)nc(N)nc32)c1C.COc1c(C)cnc(CN2CC(Cn3cccn3)c3c(Cl)nc(N)nc32)c1C. The van der Waals surface area contributed by atoms with Crippen molar-refractivity contribution in [2.24, 2.45) is 0 Å². The minimum absolute atomic E-state index is 0.0235. The first-order valence-electron chi connectivity index (χ1n) is 27.9. The third kappa shape index (κ3) is 13.9. The maximum Gasteiger partial charge on any atom is 0.251 e. The maximum atomic E-state index is 12.5. The molecule has 3 atom stereocenters. The highest BCUT2D eigenvalue weighted by Gasteiger charge is 2.37. The van der Waals surface area contributed by atoms with E-state index < -0.39 is 0 Å². The Hall–Kier alpha value is -8.87. The van der Waals surface area contributed by atoms with Gasteiger partial charge in [0.05, 0.1) is 58.0 Å². The maximum absolute atomic E-state index is 12.5. The minimum Gasteiger partial charge on any atom is -0.496 e. The van der Waals surface area contributed by atoms with Crippen molar-refractivity contribution in [2.45, 2.75) is 92.4 Å². The van der Waals surface area contributed by atoms with Gasteiger partial charge in [-0.3, -0.25) is 29.2 Å². The molecule has 0 aliphatic carbocycles. The van der Waals surface area contributed by atoms with E-state index in [-0.39, 0.29) is 47.4 Å². The van der Waals surface area contributed by atoms with E-state index in [0.717, 1.165) is 96.8 Å². The van der Waals surface area contributed by atoms with Crippen LogP contribution in [0.3, 0.4) is 0 Å². The number of amides is 2. The van der Waals surface area contributed by atoms with Crippen LogP contribution in [0.5, 0.6) is 17.2 Å². The molecule has 3 aliphatic rings. The van der Waals surface area contributed by atoms with Crippen LogP contribution in [-0.2, 0) is 31.0 Å². The zero-order valence-electron chi connectivity index (χ0n) is 50.1. The van der Waals surface area contributed by atoms with E-state index in [9.17, 15) is 9.59 Å². The first-order chi connectivity index (χ1) is 41.7. The summed E-state index contributed by atoms with van der Waals surface area (Å²) in [5.41, 5.74) is 29.3. The Labute approximate surface area is 519 Å². The van der Waals surface area contributed by atoms with Gasteiger partial charge in [0.15, 0.2) is 0 Å². The van der Waals surface area contributed by atoms with Gasteiger partial charge < -0.3 is 56.7 Å². The molecule has 0 bridgehead atoms. The number of methoxy groups -OCH3 is 3. The van der Waals surface area contributed by atoms with Gasteiger partial charge >= 0.3 is 0 Å². The number of hydrogen-bond acceptors (Lipinski definition) is 21. The normalized spacial score (nSPS) is 15.4. The highest BCUT2D eigenvalue weighted by atomic mass is 35.5. The fourth-order valence-corrected chi connectivity index (χ4v) is 12.4. The molecule has 24 nitrogen and oxygen atoms in total. The number of nitrogen functional groups attached to an aromatic ring is 3. The summed E-state index contributed by atoms with van der Waals surface area (Å²) in [6.45, 7) is 18.5. The summed E-state index contributed by atoms with van der Waals surface area (Å²) < 4.78 is 18.5. The molecule has 2 amide bonds. The summed E-state index contributed by atoms with van der Waals surface area (Å²) in [5.74, 6) is 4.78.